The van der Waals surface area contributed by atoms with Gasteiger partial charge in [-0.05, 0) is 49.6 Å². The smallest absolute Gasteiger partial charge is 0.227 e. The highest BCUT2D eigenvalue weighted by atomic mass is 35.5. The van der Waals surface area contributed by atoms with Crippen molar-refractivity contribution >= 4 is 34.7 Å². The molecule has 26 heavy (non-hydrogen) atoms. The molecule has 134 valence electrons. The van der Waals surface area contributed by atoms with Gasteiger partial charge in [-0.2, -0.15) is 4.52 Å². The molecule has 0 atom stereocenters. The third-order valence-electron chi connectivity index (χ3n) is 4.86. The summed E-state index contributed by atoms with van der Waals surface area (Å²) in [4.78, 5) is 14.8. The van der Waals surface area contributed by atoms with E-state index in [1.54, 1.807) is 10.8 Å². The molecule has 4 rings (SSSR count). The number of nitrogens with one attached hydrogen (secondary N) is 1. The Bertz CT molecular complexity index is 948. The molecule has 1 aliphatic rings. The summed E-state index contributed by atoms with van der Waals surface area (Å²) in [6.45, 7) is 3.48. The topological polar surface area (TPSA) is 75.4 Å². The number of rotatable bonds is 3. The summed E-state index contributed by atoms with van der Waals surface area (Å²) in [5.74, 6) is 0.919. The zero-order valence-corrected chi connectivity index (χ0v) is 15.1. The molecule has 1 N–H and O–H groups in total. The Balaban J connectivity index is 1.39. The number of amides is 1. The second kappa shape index (κ2) is 6.92. The lowest BCUT2D eigenvalue weighted by Gasteiger charge is -2.32. The quantitative estimate of drug-likeness (QED) is 0.767. The van der Waals surface area contributed by atoms with Gasteiger partial charge in [-0.15, -0.1) is 15.3 Å². The minimum absolute atomic E-state index is 0.0109. The molecule has 8 heteroatoms. The minimum atomic E-state index is -0.0109. The number of carbonyl (C=O) groups excluding carboxylic acids is 1. The maximum atomic E-state index is 12.6. The van der Waals surface area contributed by atoms with Gasteiger partial charge in [0.25, 0.3) is 0 Å². The van der Waals surface area contributed by atoms with Crippen molar-refractivity contribution < 1.29 is 4.79 Å². The number of fused-ring (bicyclic) bond motifs is 1. The first-order chi connectivity index (χ1) is 12.6. The van der Waals surface area contributed by atoms with E-state index in [1.807, 2.05) is 37.3 Å². The molecular weight excluding hydrogens is 352 g/mol. The van der Waals surface area contributed by atoms with Crippen LogP contribution in [0.1, 0.15) is 18.4 Å². The van der Waals surface area contributed by atoms with Crippen LogP contribution in [0.5, 0.6) is 0 Å². The third kappa shape index (κ3) is 3.22. The van der Waals surface area contributed by atoms with Crippen molar-refractivity contribution in [3.05, 3.63) is 47.2 Å². The highest BCUT2D eigenvalue weighted by Gasteiger charge is 2.26. The number of anilines is 2. The zero-order chi connectivity index (χ0) is 18.1. The van der Waals surface area contributed by atoms with Gasteiger partial charge in [0, 0.05) is 29.7 Å². The van der Waals surface area contributed by atoms with Crippen molar-refractivity contribution in [3.8, 4) is 0 Å². The number of hydrogen-bond donors (Lipinski definition) is 1. The first-order valence-corrected chi connectivity index (χ1v) is 8.97. The zero-order valence-electron chi connectivity index (χ0n) is 14.4. The fourth-order valence-electron chi connectivity index (χ4n) is 3.24. The van der Waals surface area contributed by atoms with Crippen LogP contribution in [-0.4, -0.2) is 38.8 Å². The van der Waals surface area contributed by atoms with Crippen molar-refractivity contribution in [1.82, 2.24) is 19.8 Å². The summed E-state index contributed by atoms with van der Waals surface area (Å²) in [7, 11) is 0. The Morgan fingerprint density at radius 1 is 1.23 bits per heavy atom. The van der Waals surface area contributed by atoms with Gasteiger partial charge in [-0.3, -0.25) is 4.79 Å². The summed E-state index contributed by atoms with van der Waals surface area (Å²) in [6, 6.07) is 9.40. The second-order valence-corrected chi connectivity index (χ2v) is 6.90. The van der Waals surface area contributed by atoms with Crippen LogP contribution in [0.25, 0.3) is 5.65 Å². The fraction of sp³-hybridized carbons (Fsp3) is 0.333. The van der Waals surface area contributed by atoms with Gasteiger partial charge in [0.05, 0.1) is 0 Å². The van der Waals surface area contributed by atoms with E-state index >= 15 is 0 Å². The van der Waals surface area contributed by atoms with E-state index < -0.39 is 0 Å². The van der Waals surface area contributed by atoms with Crippen LogP contribution in [0.4, 0.5) is 11.5 Å². The largest absolute Gasteiger partial charge is 0.355 e. The van der Waals surface area contributed by atoms with Crippen molar-refractivity contribution in [1.29, 1.82) is 0 Å². The van der Waals surface area contributed by atoms with Crippen LogP contribution >= 0.6 is 11.6 Å². The summed E-state index contributed by atoms with van der Waals surface area (Å²) >= 11 is 6.13. The van der Waals surface area contributed by atoms with Crippen molar-refractivity contribution in [2.45, 2.75) is 19.8 Å². The fourth-order valence-corrected chi connectivity index (χ4v) is 3.41. The Kier molecular flexibility index (Phi) is 4.46. The average Bonchev–Trinajstić information content (AvgIpc) is 3.13. The minimum Gasteiger partial charge on any atom is -0.355 e. The van der Waals surface area contributed by atoms with Gasteiger partial charge in [0.1, 0.15) is 12.1 Å². The van der Waals surface area contributed by atoms with E-state index in [-0.39, 0.29) is 11.8 Å². The Labute approximate surface area is 156 Å². The summed E-state index contributed by atoms with van der Waals surface area (Å²) in [5.41, 5.74) is 2.40. The lowest BCUT2D eigenvalue weighted by molar-refractivity contribution is -0.120. The molecule has 0 bridgehead atoms. The van der Waals surface area contributed by atoms with Crippen molar-refractivity contribution in [2.24, 2.45) is 5.92 Å². The Morgan fingerprint density at radius 3 is 2.85 bits per heavy atom. The van der Waals surface area contributed by atoms with E-state index in [2.05, 4.69) is 25.5 Å². The van der Waals surface area contributed by atoms with E-state index in [1.165, 1.54) is 0 Å². The van der Waals surface area contributed by atoms with Gasteiger partial charge in [0.15, 0.2) is 5.65 Å². The van der Waals surface area contributed by atoms with E-state index in [0.29, 0.717) is 5.02 Å². The number of nitrogens with zero attached hydrogens (tertiary/aromatic N) is 5. The molecule has 3 heterocycles. The molecule has 0 unspecified atom stereocenters. The molecular formula is C18H19ClN6O. The molecule has 1 aliphatic heterocycles. The predicted octanol–water partition coefficient (Wildman–Crippen LogP) is 2.94. The van der Waals surface area contributed by atoms with Gasteiger partial charge >= 0.3 is 0 Å². The third-order valence-corrected chi connectivity index (χ3v) is 5.27. The van der Waals surface area contributed by atoms with Crippen LogP contribution in [0.3, 0.4) is 0 Å². The molecule has 2 aromatic heterocycles. The molecule has 0 saturated carbocycles. The molecule has 1 fully saturated rings. The van der Waals surface area contributed by atoms with E-state index in [0.717, 1.165) is 48.6 Å². The lowest BCUT2D eigenvalue weighted by Crippen LogP contribution is -2.38. The lowest BCUT2D eigenvalue weighted by atomic mass is 9.95. The van der Waals surface area contributed by atoms with Gasteiger partial charge in [0.2, 0.25) is 5.91 Å². The molecule has 7 nitrogen and oxygen atoms in total. The number of hydrogen-bond acceptors (Lipinski definition) is 5. The molecule has 1 amide bonds. The van der Waals surface area contributed by atoms with E-state index in [9.17, 15) is 4.79 Å². The Hall–Kier alpha value is -2.67. The normalized spacial score (nSPS) is 15.4. The summed E-state index contributed by atoms with van der Waals surface area (Å²) < 4.78 is 1.66. The number of benzene rings is 1. The molecule has 1 aromatic carbocycles. The Morgan fingerprint density at radius 2 is 2.04 bits per heavy atom. The molecule has 1 saturated heterocycles. The van der Waals surface area contributed by atoms with Crippen LogP contribution in [-0.2, 0) is 4.79 Å². The number of carbonyl (C=O) groups is 1. The van der Waals surface area contributed by atoms with Crippen LogP contribution in [0.15, 0.2) is 36.7 Å². The second-order valence-electron chi connectivity index (χ2n) is 6.49. The number of piperidine rings is 1. The highest BCUT2D eigenvalue weighted by molar-refractivity contribution is 6.31. The first-order valence-electron chi connectivity index (χ1n) is 8.60. The predicted molar refractivity (Wildman–Crippen MR) is 101 cm³/mol. The molecule has 0 spiro atoms. The summed E-state index contributed by atoms with van der Waals surface area (Å²) in [5, 5.41) is 16.0. The van der Waals surface area contributed by atoms with Crippen molar-refractivity contribution in [3.63, 3.8) is 0 Å². The number of aromatic nitrogens is 4. The maximum absolute atomic E-state index is 12.6. The van der Waals surface area contributed by atoms with Gasteiger partial charge in [-0.1, -0.05) is 17.7 Å². The monoisotopic (exact) mass is 370 g/mol. The van der Waals surface area contributed by atoms with E-state index in [4.69, 9.17) is 11.6 Å². The number of halogens is 1. The van der Waals surface area contributed by atoms with Gasteiger partial charge in [-0.25, -0.2) is 0 Å². The molecule has 0 radical (unpaired) electrons. The first kappa shape index (κ1) is 16.8. The average molecular weight is 371 g/mol. The van der Waals surface area contributed by atoms with Crippen LogP contribution in [0.2, 0.25) is 5.02 Å². The van der Waals surface area contributed by atoms with Crippen LogP contribution in [0, 0.1) is 12.8 Å². The van der Waals surface area contributed by atoms with Crippen molar-refractivity contribution in [2.75, 3.05) is 23.3 Å². The van der Waals surface area contributed by atoms with Gasteiger partial charge < -0.3 is 10.2 Å². The maximum Gasteiger partial charge on any atom is 0.227 e. The SMILES string of the molecule is Cc1c(Cl)cccc1NC(=O)C1CCN(c2ccc3nncn3n2)CC1. The standard InChI is InChI=1S/C18H19ClN6O/c1-12-14(19)3-2-4-15(12)21-18(26)13-7-9-24(10-8-13)17-6-5-16-22-20-11-25(16)23-17/h2-6,11,13H,7-10H2,1H3,(H,21,26). The molecule has 3 aromatic rings. The van der Waals surface area contributed by atoms with Crippen LogP contribution < -0.4 is 10.2 Å². The summed E-state index contributed by atoms with van der Waals surface area (Å²) in [6.07, 6.45) is 3.16. The molecule has 0 aliphatic carbocycles. The highest BCUT2D eigenvalue weighted by Crippen LogP contribution is 2.26.